The fraction of sp³-hybridized carbons (Fsp3) is 0. The lowest BCUT2D eigenvalue weighted by Gasteiger charge is -1.94. The molecule has 0 atom stereocenters. The summed E-state index contributed by atoms with van der Waals surface area (Å²) in [5.74, 6) is 0. The average molecular weight is 252 g/mol. The lowest BCUT2D eigenvalue weighted by Crippen LogP contribution is -1.83. The predicted octanol–water partition coefficient (Wildman–Crippen LogP) is 4.05. The summed E-state index contributed by atoms with van der Waals surface area (Å²) in [6, 6.07) is 16.0. The van der Waals surface area contributed by atoms with Crippen molar-refractivity contribution in [3.05, 3.63) is 59.1 Å². The third-order valence-electron chi connectivity index (χ3n) is 2.64. The first-order valence-electron chi connectivity index (χ1n) is 5.70. The van der Waals surface area contributed by atoms with Crippen LogP contribution in [0, 0.1) is 0 Å². The molecule has 0 spiro atoms. The van der Waals surface area contributed by atoms with Gasteiger partial charge >= 0.3 is 0 Å². The Kier molecular flexibility index (Phi) is 2.82. The molecule has 1 aromatic heterocycles. The molecule has 18 heavy (non-hydrogen) atoms. The third-order valence-corrected chi connectivity index (χ3v) is 3.64. The smallest absolute Gasteiger partial charge is 0.117 e. The zero-order valence-corrected chi connectivity index (χ0v) is 10.5. The fourth-order valence-corrected chi connectivity index (χ4v) is 2.66. The summed E-state index contributed by atoms with van der Waals surface area (Å²) in [5, 5.41) is 1.01. The number of hydrogen-bond donors (Lipinski definition) is 1. The van der Waals surface area contributed by atoms with Gasteiger partial charge in [0.2, 0.25) is 0 Å². The van der Waals surface area contributed by atoms with Crippen molar-refractivity contribution in [2.75, 3.05) is 5.73 Å². The van der Waals surface area contributed by atoms with E-state index in [4.69, 9.17) is 5.73 Å². The molecule has 0 bridgehead atoms. The average Bonchev–Trinajstić information content (AvgIpc) is 2.79. The highest BCUT2D eigenvalue weighted by Crippen LogP contribution is 2.23. The van der Waals surface area contributed by atoms with Crippen molar-refractivity contribution in [3.63, 3.8) is 0 Å². The molecular formula is C15H12N2S. The Morgan fingerprint density at radius 1 is 1.00 bits per heavy atom. The number of para-hydroxylation sites is 1. The van der Waals surface area contributed by atoms with Crippen LogP contribution < -0.4 is 5.73 Å². The van der Waals surface area contributed by atoms with Crippen LogP contribution in [0.3, 0.4) is 0 Å². The maximum Gasteiger partial charge on any atom is 0.117 e. The van der Waals surface area contributed by atoms with Crippen molar-refractivity contribution in [2.24, 2.45) is 0 Å². The van der Waals surface area contributed by atoms with Gasteiger partial charge in [0.05, 0.1) is 10.2 Å². The summed E-state index contributed by atoms with van der Waals surface area (Å²) in [4.78, 5) is 4.55. The predicted molar refractivity (Wildman–Crippen MR) is 79.4 cm³/mol. The maximum atomic E-state index is 5.74. The molecule has 3 rings (SSSR count). The first-order valence-corrected chi connectivity index (χ1v) is 6.52. The van der Waals surface area contributed by atoms with Gasteiger partial charge in [-0.25, -0.2) is 4.98 Å². The minimum atomic E-state index is 0.779. The molecule has 0 aliphatic rings. The van der Waals surface area contributed by atoms with Gasteiger partial charge in [-0.2, -0.15) is 0 Å². The summed E-state index contributed by atoms with van der Waals surface area (Å²) < 4.78 is 1.21. The first kappa shape index (κ1) is 11.0. The SMILES string of the molecule is Nc1cccc(C=Cc2nc3ccccc3s2)c1. The molecule has 3 aromatic rings. The van der Waals surface area contributed by atoms with Gasteiger partial charge in [-0.15, -0.1) is 11.3 Å². The van der Waals surface area contributed by atoms with Gasteiger partial charge < -0.3 is 5.73 Å². The summed E-state index contributed by atoms with van der Waals surface area (Å²) in [6.45, 7) is 0. The summed E-state index contributed by atoms with van der Waals surface area (Å²) >= 11 is 1.69. The quantitative estimate of drug-likeness (QED) is 0.699. The Bertz CT molecular complexity index is 680. The Morgan fingerprint density at radius 2 is 1.89 bits per heavy atom. The van der Waals surface area contributed by atoms with Crippen molar-refractivity contribution in [2.45, 2.75) is 0 Å². The highest BCUT2D eigenvalue weighted by atomic mass is 32.1. The van der Waals surface area contributed by atoms with Gasteiger partial charge in [-0.3, -0.25) is 0 Å². The third kappa shape index (κ3) is 2.26. The van der Waals surface area contributed by atoms with Crippen LogP contribution in [-0.2, 0) is 0 Å². The molecule has 0 amide bonds. The number of benzene rings is 2. The largest absolute Gasteiger partial charge is 0.399 e. The first-order chi connectivity index (χ1) is 8.81. The van der Waals surface area contributed by atoms with Crippen LogP contribution in [0.15, 0.2) is 48.5 Å². The second kappa shape index (κ2) is 4.63. The number of hydrogen-bond acceptors (Lipinski definition) is 3. The highest BCUT2D eigenvalue weighted by Gasteiger charge is 1.99. The Balaban J connectivity index is 1.92. The summed E-state index contributed by atoms with van der Waals surface area (Å²) in [7, 11) is 0. The van der Waals surface area contributed by atoms with E-state index in [-0.39, 0.29) is 0 Å². The molecule has 0 radical (unpaired) electrons. The van der Waals surface area contributed by atoms with Gasteiger partial charge in [-0.1, -0.05) is 30.3 Å². The van der Waals surface area contributed by atoms with E-state index in [0.717, 1.165) is 21.8 Å². The van der Waals surface area contributed by atoms with E-state index < -0.39 is 0 Å². The molecule has 88 valence electrons. The zero-order valence-electron chi connectivity index (χ0n) is 9.71. The van der Waals surface area contributed by atoms with E-state index >= 15 is 0 Å². The van der Waals surface area contributed by atoms with E-state index in [2.05, 4.69) is 11.1 Å². The number of anilines is 1. The Hall–Kier alpha value is -2.13. The molecular weight excluding hydrogens is 240 g/mol. The number of thiazole rings is 1. The van der Waals surface area contributed by atoms with Gasteiger partial charge in [0.25, 0.3) is 0 Å². The number of rotatable bonds is 2. The van der Waals surface area contributed by atoms with Gasteiger partial charge in [0.1, 0.15) is 5.01 Å². The van der Waals surface area contributed by atoms with Crippen molar-refractivity contribution in [1.82, 2.24) is 4.98 Å². The second-order valence-corrected chi connectivity index (χ2v) is 5.09. The van der Waals surface area contributed by atoms with E-state index in [0.29, 0.717) is 0 Å². The molecule has 0 aliphatic heterocycles. The van der Waals surface area contributed by atoms with Gasteiger partial charge in [0.15, 0.2) is 0 Å². The van der Waals surface area contributed by atoms with Crippen molar-refractivity contribution in [1.29, 1.82) is 0 Å². The standard InChI is InChI=1S/C15H12N2S/c16-12-5-3-4-11(10-12)8-9-15-17-13-6-1-2-7-14(13)18-15/h1-10H,16H2. The monoisotopic (exact) mass is 252 g/mol. The maximum absolute atomic E-state index is 5.74. The van der Waals surface area contributed by atoms with Gasteiger partial charge in [0, 0.05) is 5.69 Å². The van der Waals surface area contributed by atoms with Crippen LogP contribution in [0.5, 0.6) is 0 Å². The van der Waals surface area contributed by atoms with Gasteiger partial charge in [-0.05, 0) is 35.9 Å². The van der Waals surface area contributed by atoms with E-state index in [1.54, 1.807) is 11.3 Å². The van der Waals surface area contributed by atoms with E-state index in [1.807, 2.05) is 54.6 Å². The fourth-order valence-electron chi connectivity index (χ4n) is 1.79. The lowest BCUT2D eigenvalue weighted by molar-refractivity contribution is 1.46. The summed E-state index contributed by atoms with van der Waals surface area (Å²) in [6.07, 6.45) is 4.06. The van der Waals surface area contributed by atoms with Crippen molar-refractivity contribution < 1.29 is 0 Å². The number of fused-ring (bicyclic) bond motifs is 1. The molecule has 0 saturated carbocycles. The minimum Gasteiger partial charge on any atom is -0.399 e. The number of nitrogens with zero attached hydrogens (tertiary/aromatic N) is 1. The second-order valence-electron chi connectivity index (χ2n) is 4.02. The van der Waals surface area contributed by atoms with Crippen LogP contribution in [-0.4, -0.2) is 4.98 Å². The molecule has 3 heteroatoms. The van der Waals surface area contributed by atoms with Crippen molar-refractivity contribution >= 4 is 39.4 Å². The minimum absolute atomic E-state index is 0.779. The topological polar surface area (TPSA) is 38.9 Å². The number of aromatic nitrogens is 1. The normalized spacial score (nSPS) is 11.3. The van der Waals surface area contributed by atoms with Crippen LogP contribution in [0.1, 0.15) is 10.6 Å². The Labute approximate surface area is 109 Å². The number of nitrogens with two attached hydrogens (primary N) is 1. The molecule has 2 N–H and O–H groups in total. The van der Waals surface area contributed by atoms with Crippen LogP contribution in [0.25, 0.3) is 22.4 Å². The molecule has 0 saturated heterocycles. The molecule has 0 fully saturated rings. The molecule has 0 unspecified atom stereocenters. The number of nitrogen functional groups attached to an aromatic ring is 1. The lowest BCUT2D eigenvalue weighted by atomic mass is 10.2. The summed E-state index contributed by atoms with van der Waals surface area (Å²) in [5.41, 5.74) is 8.66. The van der Waals surface area contributed by atoms with Crippen LogP contribution in [0.2, 0.25) is 0 Å². The zero-order chi connectivity index (χ0) is 12.4. The van der Waals surface area contributed by atoms with Crippen LogP contribution in [0.4, 0.5) is 5.69 Å². The molecule has 2 nitrogen and oxygen atoms in total. The molecule has 0 aliphatic carbocycles. The molecule has 2 aromatic carbocycles. The van der Waals surface area contributed by atoms with Crippen LogP contribution >= 0.6 is 11.3 Å². The highest BCUT2D eigenvalue weighted by molar-refractivity contribution is 7.19. The van der Waals surface area contributed by atoms with E-state index in [1.165, 1.54) is 4.70 Å². The Morgan fingerprint density at radius 3 is 2.72 bits per heavy atom. The molecule has 1 heterocycles. The van der Waals surface area contributed by atoms with Crippen molar-refractivity contribution in [3.8, 4) is 0 Å². The van der Waals surface area contributed by atoms with E-state index in [9.17, 15) is 0 Å².